The Morgan fingerprint density at radius 3 is 2.63 bits per heavy atom. The molecule has 2 heterocycles. The van der Waals surface area contributed by atoms with Gasteiger partial charge in [0.15, 0.2) is 5.70 Å². The molecule has 0 aliphatic carbocycles. The van der Waals surface area contributed by atoms with E-state index in [1.54, 1.807) is 31.4 Å². The van der Waals surface area contributed by atoms with E-state index < -0.39 is 5.97 Å². The molecule has 1 aliphatic rings. The van der Waals surface area contributed by atoms with Gasteiger partial charge in [-0.2, -0.15) is 0 Å². The van der Waals surface area contributed by atoms with E-state index in [-0.39, 0.29) is 11.6 Å². The van der Waals surface area contributed by atoms with Crippen LogP contribution in [0.15, 0.2) is 80.2 Å². The number of carbonyl (C=O) groups excluding carboxylic acids is 1. The highest BCUT2D eigenvalue weighted by Crippen LogP contribution is 2.26. The predicted octanol–water partition coefficient (Wildman–Crippen LogP) is 5.06. The molecule has 0 amide bonds. The molecule has 1 aliphatic heterocycles. The summed E-state index contributed by atoms with van der Waals surface area (Å²) in [5.74, 6) is 1.61. The minimum absolute atomic E-state index is 0.185. The number of benzene rings is 2. The van der Waals surface area contributed by atoms with Crippen molar-refractivity contribution in [2.75, 3.05) is 7.11 Å². The van der Waals surface area contributed by atoms with Gasteiger partial charge in [-0.1, -0.05) is 34.1 Å². The lowest BCUT2D eigenvalue weighted by atomic mass is 10.2. The van der Waals surface area contributed by atoms with Gasteiger partial charge in [0.05, 0.1) is 7.11 Å². The zero-order chi connectivity index (χ0) is 18.8. The third-order valence-corrected chi connectivity index (χ3v) is 4.50. The number of furan rings is 1. The molecule has 0 saturated carbocycles. The maximum absolute atomic E-state index is 12.1. The van der Waals surface area contributed by atoms with Crippen LogP contribution in [0.4, 0.5) is 0 Å². The Morgan fingerprint density at radius 1 is 1.04 bits per heavy atom. The van der Waals surface area contributed by atoms with Crippen molar-refractivity contribution in [3.63, 3.8) is 0 Å². The van der Waals surface area contributed by atoms with Gasteiger partial charge in [0.2, 0.25) is 5.90 Å². The number of hydrogen-bond acceptors (Lipinski definition) is 5. The molecule has 1 aromatic heterocycles. The third kappa shape index (κ3) is 3.71. The second kappa shape index (κ2) is 7.25. The minimum atomic E-state index is -0.519. The van der Waals surface area contributed by atoms with Gasteiger partial charge < -0.3 is 13.9 Å². The molecule has 27 heavy (non-hydrogen) atoms. The summed E-state index contributed by atoms with van der Waals surface area (Å²) < 4.78 is 17.3. The Balaban J connectivity index is 1.61. The number of hydrogen-bond donors (Lipinski definition) is 0. The Kier molecular flexibility index (Phi) is 4.64. The fourth-order valence-corrected chi connectivity index (χ4v) is 2.89. The molecule has 5 nitrogen and oxygen atoms in total. The van der Waals surface area contributed by atoms with E-state index in [0.29, 0.717) is 22.8 Å². The molecule has 0 unspecified atom stereocenters. The number of carbonyl (C=O) groups is 1. The third-order valence-electron chi connectivity index (χ3n) is 3.97. The van der Waals surface area contributed by atoms with Crippen LogP contribution >= 0.6 is 15.9 Å². The predicted molar refractivity (Wildman–Crippen MR) is 105 cm³/mol. The first kappa shape index (κ1) is 17.3. The Morgan fingerprint density at radius 2 is 1.85 bits per heavy atom. The fraction of sp³-hybridized carbons (Fsp3) is 0.0476. The van der Waals surface area contributed by atoms with Gasteiger partial charge in [0.1, 0.15) is 17.3 Å². The smallest absolute Gasteiger partial charge is 0.363 e. The number of nitrogens with zero attached hydrogens (tertiary/aromatic N) is 1. The summed E-state index contributed by atoms with van der Waals surface area (Å²) in [4.78, 5) is 16.4. The van der Waals surface area contributed by atoms with Crippen LogP contribution in [0.2, 0.25) is 0 Å². The van der Waals surface area contributed by atoms with Crippen LogP contribution in [0, 0.1) is 0 Å². The van der Waals surface area contributed by atoms with Crippen molar-refractivity contribution in [2.45, 2.75) is 0 Å². The van der Waals surface area contributed by atoms with Crippen molar-refractivity contribution in [3.05, 3.63) is 82.2 Å². The summed E-state index contributed by atoms with van der Waals surface area (Å²) in [7, 11) is 1.58. The molecule has 0 spiro atoms. The Labute approximate surface area is 164 Å². The quantitative estimate of drug-likeness (QED) is 0.434. The summed E-state index contributed by atoms with van der Waals surface area (Å²) in [5, 5.41) is 0. The van der Waals surface area contributed by atoms with Crippen LogP contribution in [-0.4, -0.2) is 19.0 Å². The average molecular weight is 424 g/mol. The fourth-order valence-electron chi connectivity index (χ4n) is 2.62. The first-order valence-electron chi connectivity index (χ1n) is 8.15. The van der Waals surface area contributed by atoms with Crippen LogP contribution in [0.25, 0.3) is 17.4 Å². The molecule has 3 aromatic rings. The van der Waals surface area contributed by atoms with Crippen LogP contribution in [0.1, 0.15) is 11.3 Å². The van der Waals surface area contributed by atoms with E-state index in [0.717, 1.165) is 10.0 Å². The molecule has 4 rings (SSSR count). The molecular formula is C21H14BrNO4. The number of aliphatic imine (C=N–C) groups is 1. The molecule has 0 fully saturated rings. The van der Waals surface area contributed by atoms with Gasteiger partial charge in [-0.25, -0.2) is 9.79 Å². The number of halogens is 1. The number of esters is 1. The SMILES string of the molecule is COc1cccc(C2=NC(=Cc3ccc(-c4ccc(Br)cc4)o3)C(=O)O2)c1. The zero-order valence-electron chi connectivity index (χ0n) is 14.3. The molecule has 0 atom stereocenters. The van der Waals surface area contributed by atoms with Gasteiger partial charge in [0.25, 0.3) is 0 Å². The Bertz CT molecular complexity index is 1060. The van der Waals surface area contributed by atoms with Gasteiger partial charge in [-0.3, -0.25) is 0 Å². The minimum Gasteiger partial charge on any atom is -0.497 e. The summed E-state index contributed by atoms with van der Waals surface area (Å²) in [6, 6.07) is 18.6. The maximum atomic E-state index is 12.1. The summed E-state index contributed by atoms with van der Waals surface area (Å²) in [6.07, 6.45) is 1.57. The number of cyclic esters (lactones) is 1. The Hall–Kier alpha value is -3.12. The van der Waals surface area contributed by atoms with Gasteiger partial charge in [-0.05, 0) is 42.5 Å². The van der Waals surface area contributed by atoms with Crippen molar-refractivity contribution in [1.29, 1.82) is 0 Å². The highest BCUT2D eigenvalue weighted by molar-refractivity contribution is 9.10. The van der Waals surface area contributed by atoms with Crippen molar-refractivity contribution in [2.24, 2.45) is 4.99 Å². The van der Waals surface area contributed by atoms with E-state index in [2.05, 4.69) is 20.9 Å². The summed E-state index contributed by atoms with van der Waals surface area (Å²) in [6.45, 7) is 0. The van der Waals surface area contributed by atoms with Crippen molar-refractivity contribution in [3.8, 4) is 17.1 Å². The van der Waals surface area contributed by atoms with Crippen LogP contribution in [0.3, 0.4) is 0 Å². The monoisotopic (exact) mass is 423 g/mol. The van der Waals surface area contributed by atoms with Gasteiger partial charge >= 0.3 is 5.97 Å². The standard InChI is InChI=1S/C21H14BrNO4/c1-25-16-4-2-3-14(11-16)20-23-18(21(24)27-20)12-17-9-10-19(26-17)13-5-7-15(22)8-6-13/h2-12H,1H3. The topological polar surface area (TPSA) is 61.0 Å². The lowest BCUT2D eigenvalue weighted by Gasteiger charge is -2.02. The molecule has 2 aromatic carbocycles. The van der Waals surface area contributed by atoms with Crippen molar-refractivity contribution >= 4 is 33.9 Å². The highest BCUT2D eigenvalue weighted by Gasteiger charge is 2.25. The van der Waals surface area contributed by atoms with E-state index in [4.69, 9.17) is 13.9 Å². The van der Waals surface area contributed by atoms with Gasteiger partial charge in [-0.15, -0.1) is 0 Å². The largest absolute Gasteiger partial charge is 0.497 e. The van der Waals surface area contributed by atoms with Crippen LogP contribution < -0.4 is 4.74 Å². The van der Waals surface area contributed by atoms with Crippen molar-refractivity contribution < 1.29 is 18.7 Å². The number of ether oxygens (including phenoxy) is 2. The zero-order valence-corrected chi connectivity index (χ0v) is 15.9. The lowest BCUT2D eigenvalue weighted by Crippen LogP contribution is -2.05. The summed E-state index contributed by atoms with van der Waals surface area (Å²) in [5.41, 5.74) is 1.79. The number of rotatable bonds is 4. The number of methoxy groups -OCH3 is 1. The van der Waals surface area contributed by atoms with E-state index >= 15 is 0 Å². The van der Waals surface area contributed by atoms with E-state index in [1.165, 1.54) is 0 Å². The normalized spacial score (nSPS) is 15.0. The molecular weight excluding hydrogens is 410 g/mol. The first-order chi connectivity index (χ1) is 13.1. The molecule has 134 valence electrons. The molecule has 6 heteroatoms. The summed E-state index contributed by atoms with van der Waals surface area (Å²) >= 11 is 3.41. The first-order valence-corrected chi connectivity index (χ1v) is 8.94. The molecule has 0 bridgehead atoms. The van der Waals surface area contributed by atoms with Gasteiger partial charge in [0, 0.05) is 21.7 Å². The molecule has 0 radical (unpaired) electrons. The van der Waals surface area contributed by atoms with E-state index in [1.807, 2.05) is 42.5 Å². The maximum Gasteiger partial charge on any atom is 0.363 e. The van der Waals surface area contributed by atoms with Crippen LogP contribution in [-0.2, 0) is 9.53 Å². The highest BCUT2D eigenvalue weighted by atomic mass is 79.9. The lowest BCUT2D eigenvalue weighted by molar-refractivity contribution is -0.129. The van der Waals surface area contributed by atoms with E-state index in [9.17, 15) is 4.79 Å². The average Bonchev–Trinajstić information content (AvgIpc) is 3.30. The second-order valence-electron chi connectivity index (χ2n) is 5.78. The molecule has 0 saturated heterocycles. The van der Waals surface area contributed by atoms with Crippen LogP contribution in [0.5, 0.6) is 5.75 Å². The second-order valence-corrected chi connectivity index (χ2v) is 6.69. The molecule has 0 N–H and O–H groups in total. The van der Waals surface area contributed by atoms with Crippen molar-refractivity contribution in [1.82, 2.24) is 0 Å².